The molecule has 8 nitrogen and oxygen atoms in total. The van der Waals surface area contributed by atoms with Gasteiger partial charge in [0.15, 0.2) is 0 Å². The summed E-state index contributed by atoms with van der Waals surface area (Å²) in [5, 5.41) is 5.57. The monoisotopic (exact) mass is 477 g/mol. The molecule has 1 aromatic carbocycles. The first-order chi connectivity index (χ1) is 15.6. The highest BCUT2D eigenvalue weighted by Crippen LogP contribution is 2.33. The second-order valence-electron chi connectivity index (χ2n) is 9.75. The lowest BCUT2D eigenvalue weighted by atomic mass is 9.85. The molecule has 1 aromatic rings. The molecule has 33 heavy (non-hydrogen) atoms. The molecule has 1 saturated carbocycles. The lowest BCUT2D eigenvalue weighted by Crippen LogP contribution is -2.57. The van der Waals surface area contributed by atoms with Crippen molar-refractivity contribution < 1.29 is 23.9 Å². The van der Waals surface area contributed by atoms with E-state index < -0.39 is 23.4 Å². The quantitative estimate of drug-likeness (QED) is 0.532. The topological polar surface area (TPSA) is 105 Å². The number of rotatable bonds is 9. The zero-order chi connectivity index (χ0) is 24.2. The Morgan fingerprint density at radius 1 is 1.24 bits per heavy atom. The molecule has 2 atom stereocenters. The first kappa shape index (κ1) is 25.0. The van der Waals surface area contributed by atoms with Crippen molar-refractivity contribution in [1.29, 1.82) is 0 Å². The Balaban J connectivity index is 1.76. The number of carbonyl (C=O) groups is 4. The molecule has 3 rings (SSSR count). The first-order valence-corrected chi connectivity index (χ1v) is 11.7. The summed E-state index contributed by atoms with van der Waals surface area (Å²) in [5.41, 5.74) is -0.389. The summed E-state index contributed by atoms with van der Waals surface area (Å²) in [5.74, 6) is -0.196. The zero-order valence-electron chi connectivity index (χ0n) is 19.4. The highest BCUT2D eigenvalue weighted by molar-refractivity contribution is 6.35. The van der Waals surface area contributed by atoms with Gasteiger partial charge in [-0.2, -0.15) is 0 Å². The molecule has 0 bridgehead atoms. The Kier molecular flexibility index (Phi) is 8.00. The average molecular weight is 478 g/mol. The Labute approximate surface area is 199 Å². The summed E-state index contributed by atoms with van der Waals surface area (Å²) in [6.07, 6.45) is 4.05. The number of benzene rings is 1. The van der Waals surface area contributed by atoms with Crippen LogP contribution in [-0.4, -0.2) is 60.7 Å². The third kappa shape index (κ3) is 6.25. The third-order valence-electron chi connectivity index (χ3n) is 5.97. The lowest BCUT2D eigenvalue weighted by Gasteiger charge is -2.35. The second kappa shape index (κ2) is 10.5. The largest absolute Gasteiger partial charge is 0.492 e. The van der Waals surface area contributed by atoms with Crippen molar-refractivity contribution in [2.75, 3.05) is 19.7 Å². The van der Waals surface area contributed by atoms with E-state index in [0.717, 1.165) is 12.8 Å². The van der Waals surface area contributed by atoms with Crippen LogP contribution in [0, 0.1) is 11.3 Å². The first-order valence-electron chi connectivity index (χ1n) is 11.4. The molecule has 9 heteroatoms. The van der Waals surface area contributed by atoms with Crippen molar-refractivity contribution in [1.82, 2.24) is 15.5 Å². The van der Waals surface area contributed by atoms with Crippen LogP contribution in [0.5, 0.6) is 5.75 Å². The van der Waals surface area contributed by atoms with E-state index in [9.17, 15) is 19.2 Å². The molecule has 2 fully saturated rings. The molecular formula is C24H32ClN3O5. The zero-order valence-corrected chi connectivity index (χ0v) is 20.1. The number of ether oxygens (including phenoxy) is 1. The molecule has 2 N–H and O–H groups in total. The van der Waals surface area contributed by atoms with Crippen molar-refractivity contribution in [2.45, 2.75) is 58.5 Å². The van der Waals surface area contributed by atoms with Crippen molar-refractivity contribution in [3.63, 3.8) is 0 Å². The number of carbonyl (C=O) groups excluding carboxylic acids is 4. The van der Waals surface area contributed by atoms with E-state index in [4.69, 9.17) is 16.3 Å². The van der Waals surface area contributed by atoms with Gasteiger partial charge in [-0.3, -0.25) is 14.4 Å². The van der Waals surface area contributed by atoms with Crippen molar-refractivity contribution >= 4 is 35.6 Å². The summed E-state index contributed by atoms with van der Waals surface area (Å²) in [6.45, 7) is 6.43. The van der Waals surface area contributed by atoms with Crippen LogP contribution in [0.2, 0.25) is 5.02 Å². The van der Waals surface area contributed by atoms with Crippen LogP contribution in [0.3, 0.4) is 0 Å². The van der Waals surface area contributed by atoms with Crippen molar-refractivity contribution in [3.8, 4) is 5.75 Å². The van der Waals surface area contributed by atoms with E-state index in [1.54, 1.807) is 18.2 Å². The van der Waals surface area contributed by atoms with Gasteiger partial charge in [0.2, 0.25) is 11.8 Å². The smallest absolute Gasteiger partial charge is 0.253 e. The van der Waals surface area contributed by atoms with Gasteiger partial charge in [-0.25, -0.2) is 0 Å². The van der Waals surface area contributed by atoms with E-state index in [-0.39, 0.29) is 28.9 Å². The van der Waals surface area contributed by atoms with Gasteiger partial charge in [0, 0.05) is 6.54 Å². The molecule has 1 aliphatic carbocycles. The van der Waals surface area contributed by atoms with E-state index in [2.05, 4.69) is 10.6 Å². The Morgan fingerprint density at radius 2 is 1.97 bits per heavy atom. The van der Waals surface area contributed by atoms with Crippen LogP contribution in [0.15, 0.2) is 18.2 Å². The minimum Gasteiger partial charge on any atom is -0.492 e. The van der Waals surface area contributed by atoms with Gasteiger partial charge in [0.25, 0.3) is 5.91 Å². The predicted molar refractivity (Wildman–Crippen MR) is 124 cm³/mol. The van der Waals surface area contributed by atoms with Crippen LogP contribution in [-0.2, 0) is 14.4 Å². The van der Waals surface area contributed by atoms with Gasteiger partial charge in [-0.1, -0.05) is 38.4 Å². The summed E-state index contributed by atoms with van der Waals surface area (Å²) >= 11 is 6.46. The van der Waals surface area contributed by atoms with Crippen LogP contribution < -0.4 is 15.4 Å². The van der Waals surface area contributed by atoms with Gasteiger partial charge in [0.05, 0.1) is 23.7 Å². The Bertz CT molecular complexity index is 910. The van der Waals surface area contributed by atoms with Crippen LogP contribution >= 0.6 is 11.6 Å². The standard InChI is InChI=1S/C24H32ClN3O5/c1-24(2,3)20(23(32)28-12-5-7-17(28)22(31)26-11-13-29)27-21(30)16-6-4-8-18(19(16)25)33-14-15-9-10-15/h4,6,8,13,15,17,20H,5,7,9-12,14H2,1-3H3,(H,26,31)(H,27,30)/t17-,20+/m0/s1. The molecule has 0 unspecified atom stereocenters. The van der Waals surface area contributed by atoms with Gasteiger partial charge in [-0.15, -0.1) is 0 Å². The minimum atomic E-state index is -0.878. The molecule has 0 radical (unpaired) electrons. The maximum atomic E-state index is 13.5. The SMILES string of the molecule is CC(C)(C)[C@H](NC(=O)c1cccc(OCC2CC2)c1Cl)C(=O)N1CCC[C@H]1C(=O)NCC=O. The highest BCUT2D eigenvalue weighted by Gasteiger charge is 2.42. The number of aldehydes is 1. The summed E-state index contributed by atoms with van der Waals surface area (Å²) in [7, 11) is 0. The predicted octanol–water partition coefficient (Wildman–Crippen LogP) is 2.58. The molecule has 0 aromatic heterocycles. The highest BCUT2D eigenvalue weighted by atomic mass is 35.5. The number of amides is 3. The average Bonchev–Trinajstić information content (AvgIpc) is 3.46. The maximum Gasteiger partial charge on any atom is 0.253 e. The second-order valence-corrected chi connectivity index (χ2v) is 10.1. The van der Waals surface area contributed by atoms with Crippen LogP contribution in [0.4, 0.5) is 0 Å². The third-order valence-corrected chi connectivity index (χ3v) is 6.36. The van der Waals surface area contributed by atoms with E-state index in [1.807, 2.05) is 20.8 Å². The van der Waals surface area contributed by atoms with Crippen LogP contribution in [0.25, 0.3) is 0 Å². The van der Waals surface area contributed by atoms with E-state index >= 15 is 0 Å². The number of nitrogens with one attached hydrogen (secondary N) is 2. The molecule has 180 valence electrons. The maximum absolute atomic E-state index is 13.5. The fourth-order valence-corrected chi connectivity index (χ4v) is 4.14. The molecule has 1 heterocycles. The normalized spacial score (nSPS) is 19.0. The number of nitrogens with zero attached hydrogens (tertiary/aromatic N) is 1. The number of likely N-dealkylation sites (tertiary alicyclic amines) is 1. The van der Waals surface area contributed by atoms with Crippen LogP contribution in [0.1, 0.15) is 56.8 Å². The van der Waals surface area contributed by atoms with Gasteiger partial charge < -0.3 is 25.1 Å². The summed E-state index contributed by atoms with van der Waals surface area (Å²) in [6, 6.07) is 3.47. The number of hydrogen-bond acceptors (Lipinski definition) is 5. The van der Waals surface area contributed by atoms with E-state index in [1.165, 1.54) is 4.90 Å². The lowest BCUT2D eigenvalue weighted by molar-refractivity contribution is -0.141. The molecule has 0 spiro atoms. The van der Waals surface area contributed by atoms with Gasteiger partial charge in [0.1, 0.15) is 24.1 Å². The van der Waals surface area contributed by atoms with E-state index in [0.29, 0.717) is 43.9 Å². The molecule has 1 aliphatic heterocycles. The fraction of sp³-hybridized carbons (Fsp3) is 0.583. The molecule has 2 aliphatic rings. The van der Waals surface area contributed by atoms with Gasteiger partial charge in [-0.05, 0) is 49.1 Å². The number of halogens is 1. The Hall–Kier alpha value is -2.61. The minimum absolute atomic E-state index is 0.103. The van der Waals surface area contributed by atoms with Crippen molar-refractivity contribution in [3.05, 3.63) is 28.8 Å². The molecule has 1 saturated heterocycles. The Morgan fingerprint density at radius 3 is 2.61 bits per heavy atom. The summed E-state index contributed by atoms with van der Waals surface area (Å²) in [4.78, 5) is 51.2. The fourth-order valence-electron chi connectivity index (χ4n) is 3.88. The summed E-state index contributed by atoms with van der Waals surface area (Å²) < 4.78 is 5.77. The molecule has 3 amide bonds. The molecular weight excluding hydrogens is 446 g/mol. The van der Waals surface area contributed by atoms with Crippen molar-refractivity contribution in [2.24, 2.45) is 11.3 Å². The number of hydrogen-bond donors (Lipinski definition) is 2. The van der Waals surface area contributed by atoms with Gasteiger partial charge >= 0.3 is 0 Å².